The van der Waals surface area contributed by atoms with E-state index in [0.717, 1.165) is 11.0 Å². The second kappa shape index (κ2) is 7.14. The van der Waals surface area contributed by atoms with Crippen LogP contribution in [0.3, 0.4) is 0 Å². The van der Waals surface area contributed by atoms with E-state index in [0.29, 0.717) is 23.9 Å². The van der Waals surface area contributed by atoms with E-state index >= 15 is 0 Å². The molecule has 2 aromatic heterocycles. The first kappa shape index (κ1) is 18.3. The quantitative estimate of drug-likeness (QED) is 0.686. The van der Waals surface area contributed by atoms with Gasteiger partial charge in [-0.3, -0.25) is 14.2 Å². The Bertz CT molecular complexity index is 1140. The maximum absolute atomic E-state index is 13.2. The van der Waals surface area contributed by atoms with Crippen molar-refractivity contribution in [3.05, 3.63) is 63.2 Å². The molecule has 3 heterocycles. The van der Waals surface area contributed by atoms with E-state index in [-0.39, 0.29) is 17.2 Å². The second-order valence-corrected chi connectivity index (χ2v) is 6.81. The van der Waals surface area contributed by atoms with Crippen molar-refractivity contribution in [3.8, 4) is 0 Å². The molecular formula is C19H19F2N5O2. The number of aryl methyl sites for hydroxylation is 1. The molecular weight excluding hydrogens is 368 g/mol. The SMILES string of the molecule is Cn1ccnc(N2CCCC2c2nc3ccccc3c(=O)n2CC(F)F)c1=O. The molecule has 0 aliphatic carbocycles. The number of hydrogen-bond donors (Lipinski definition) is 0. The molecule has 1 aliphatic heterocycles. The Morgan fingerprint density at radius 1 is 1.21 bits per heavy atom. The highest BCUT2D eigenvalue weighted by atomic mass is 19.3. The molecule has 0 radical (unpaired) electrons. The molecule has 9 heteroatoms. The summed E-state index contributed by atoms with van der Waals surface area (Å²) in [4.78, 5) is 35.9. The lowest BCUT2D eigenvalue weighted by Crippen LogP contribution is -2.36. The van der Waals surface area contributed by atoms with E-state index in [1.54, 1.807) is 42.4 Å². The fraction of sp³-hybridized carbons (Fsp3) is 0.368. The average Bonchev–Trinajstić information content (AvgIpc) is 3.15. The van der Waals surface area contributed by atoms with Gasteiger partial charge in [0.15, 0.2) is 5.82 Å². The molecule has 1 fully saturated rings. The smallest absolute Gasteiger partial charge is 0.293 e. The molecule has 0 bridgehead atoms. The standard InChI is InChI=1S/C19H19F2N5O2/c1-24-10-8-22-17(19(24)28)25-9-4-7-14(25)16-23-13-6-3-2-5-12(13)18(27)26(16)11-15(20)21/h2-3,5-6,8,10,14-15H,4,7,9,11H2,1H3. The molecule has 1 atom stereocenters. The van der Waals surface area contributed by atoms with Crippen LogP contribution in [-0.4, -0.2) is 32.1 Å². The molecule has 0 N–H and O–H groups in total. The summed E-state index contributed by atoms with van der Waals surface area (Å²) in [5.41, 5.74) is -0.326. The van der Waals surface area contributed by atoms with Crippen molar-refractivity contribution in [3.63, 3.8) is 0 Å². The summed E-state index contributed by atoms with van der Waals surface area (Å²) in [7, 11) is 1.62. The maximum atomic E-state index is 13.2. The third-order valence-corrected chi connectivity index (χ3v) is 5.03. The molecule has 0 amide bonds. The molecule has 1 unspecified atom stereocenters. The summed E-state index contributed by atoms with van der Waals surface area (Å²) >= 11 is 0. The van der Waals surface area contributed by atoms with Crippen molar-refractivity contribution < 1.29 is 8.78 Å². The number of nitrogens with zero attached hydrogens (tertiary/aromatic N) is 5. The van der Waals surface area contributed by atoms with E-state index in [2.05, 4.69) is 9.97 Å². The molecule has 1 aromatic carbocycles. The Hall–Kier alpha value is -3.10. The van der Waals surface area contributed by atoms with Gasteiger partial charge in [0.25, 0.3) is 17.5 Å². The lowest BCUT2D eigenvalue weighted by molar-refractivity contribution is 0.123. The highest BCUT2D eigenvalue weighted by Crippen LogP contribution is 2.33. The molecule has 28 heavy (non-hydrogen) atoms. The number of para-hydroxylation sites is 1. The van der Waals surface area contributed by atoms with Crippen molar-refractivity contribution in [1.29, 1.82) is 0 Å². The fourth-order valence-electron chi connectivity index (χ4n) is 3.72. The highest BCUT2D eigenvalue weighted by molar-refractivity contribution is 5.77. The first-order valence-electron chi connectivity index (χ1n) is 9.03. The molecule has 1 aliphatic rings. The van der Waals surface area contributed by atoms with Gasteiger partial charge in [0.2, 0.25) is 0 Å². The van der Waals surface area contributed by atoms with Crippen LogP contribution >= 0.6 is 0 Å². The van der Waals surface area contributed by atoms with Crippen molar-refractivity contribution in [2.45, 2.75) is 31.9 Å². The summed E-state index contributed by atoms with van der Waals surface area (Å²) in [6.45, 7) is -0.204. The van der Waals surface area contributed by atoms with Gasteiger partial charge >= 0.3 is 0 Å². The topological polar surface area (TPSA) is 73.0 Å². The van der Waals surface area contributed by atoms with E-state index in [1.807, 2.05) is 0 Å². The lowest BCUT2D eigenvalue weighted by atomic mass is 10.1. The summed E-state index contributed by atoms with van der Waals surface area (Å²) in [6, 6.07) is 6.22. The molecule has 146 valence electrons. The Balaban J connectivity index is 1.90. The minimum Gasteiger partial charge on any atom is -0.342 e. The molecule has 7 nitrogen and oxygen atoms in total. The van der Waals surface area contributed by atoms with Crippen LogP contribution in [0.4, 0.5) is 14.6 Å². The molecule has 4 rings (SSSR count). The lowest BCUT2D eigenvalue weighted by Gasteiger charge is -2.27. The zero-order valence-corrected chi connectivity index (χ0v) is 15.3. The summed E-state index contributed by atoms with van der Waals surface area (Å²) in [5, 5.41) is 0.296. The Morgan fingerprint density at radius 2 is 2.00 bits per heavy atom. The monoisotopic (exact) mass is 387 g/mol. The zero-order chi connectivity index (χ0) is 19.8. The number of alkyl halides is 2. The molecule has 3 aromatic rings. The van der Waals surface area contributed by atoms with E-state index in [4.69, 9.17) is 0 Å². The first-order chi connectivity index (χ1) is 13.5. The van der Waals surface area contributed by atoms with Gasteiger partial charge in [-0.1, -0.05) is 12.1 Å². The van der Waals surface area contributed by atoms with Gasteiger partial charge < -0.3 is 9.47 Å². The maximum Gasteiger partial charge on any atom is 0.293 e. The van der Waals surface area contributed by atoms with Crippen LogP contribution in [0.25, 0.3) is 10.9 Å². The number of anilines is 1. The number of rotatable bonds is 4. The summed E-state index contributed by atoms with van der Waals surface area (Å²) in [6.07, 6.45) is 1.71. The Kier molecular flexibility index (Phi) is 4.66. The number of halogens is 2. The van der Waals surface area contributed by atoms with Gasteiger partial charge in [-0.15, -0.1) is 0 Å². The average molecular weight is 387 g/mol. The van der Waals surface area contributed by atoms with Gasteiger partial charge in [0.05, 0.1) is 23.5 Å². The summed E-state index contributed by atoms with van der Waals surface area (Å²) < 4.78 is 28.9. The van der Waals surface area contributed by atoms with Gasteiger partial charge in [-0.05, 0) is 25.0 Å². The van der Waals surface area contributed by atoms with Crippen LogP contribution in [-0.2, 0) is 13.6 Å². The van der Waals surface area contributed by atoms with Gasteiger partial charge in [0.1, 0.15) is 5.82 Å². The predicted molar refractivity (Wildman–Crippen MR) is 101 cm³/mol. The van der Waals surface area contributed by atoms with Crippen LogP contribution in [0.5, 0.6) is 0 Å². The van der Waals surface area contributed by atoms with Crippen molar-refractivity contribution in [2.24, 2.45) is 7.05 Å². The first-order valence-corrected chi connectivity index (χ1v) is 9.03. The molecule has 0 saturated carbocycles. The predicted octanol–water partition coefficient (Wildman–Crippen LogP) is 2.10. The van der Waals surface area contributed by atoms with Gasteiger partial charge in [0, 0.05) is 26.0 Å². The number of hydrogen-bond acceptors (Lipinski definition) is 5. The minimum atomic E-state index is -2.70. The third kappa shape index (κ3) is 3.06. The van der Waals surface area contributed by atoms with Crippen molar-refractivity contribution >= 4 is 16.7 Å². The van der Waals surface area contributed by atoms with Gasteiger partial charge in [-0.2, -0.15) is 0 Å². The van der Waals surface area contributed by atoms with Crippen LogP contribution in [0, 0.1) is 0 Å². The van der Waals surface area contributed by atoms with Crippen molar-refractivity contribution in [1.82, 2.24) is 19.1 Å². The van der Waals surface area contributed by atoms with E-state index in [9.17, 15) is 18.4 Å². The number of benzene rings is 1. The van der Waals surface area contributed by atoms with Crippen LogP contribution in [0.15, 0.2) is 46.2 Å². The molecule has 0 spiro atoms. The zero-order valence-electron chi connectivity index (χ0n) is 15.3. The number of fused-ring (bicyclic) bond motifs is 1. The third-order valence-electron chi connectivity index (χ3n) is 5.03. The van der Waals surface area contributed by atoms with Crippen LogP contribution in [0.2, 0.25) is 0 Å². The Labute approximate surface area is 158 Å². The largest absolute Gasteiger partial charge is 0.342 e. The van der Waals surface area contributed by atoms with Crippen LogP contribution < -0.4 is 16.0 Å². The van der Waals surface area contributed by atoms with E-state index < -0.39 is 24.6 Å². The second-order valence-electron chi connectivity index (χ2n) is 6.81. The highest BCUT2D eigenvalue weighted by Gasteiger charge is 2.33. The van der Waals surface area contributed by atoms with Crippen molar-refractivity contribution in [2.75, 3.05) is 11.4 Å². The number of aromatic nitrogens is 4. The minimum absolute atomic E-state index is 0.235. The Morgan fingerprint density at radius 3 is 2.79 bits per heavy atom. The van der Waals surface area contributed by atoms with E-state index in [1.165, 1.54) is 10.8 Å². The fourth-order valence-corrected chi connectivity index (χ4v) is 3.72. The summed E-state index contributed by atoms with van der Waals surface area (Å²) in [5.74, 6) is 0.479. The van der Waals surface area contributed by atoms with Gasteiger partial charge in [-0.25, -0.2) is 18.7 Å². The normalized spacial score (nSPS) is 17.0. The van der Waals surface area contributed by atoms with Crippen LogP contribution in [0.1, 0.15) is 24.7 Å². The molecule has 1 saturated heterocycles.